The summed E-state index contributed by atoms with van der Waals surface area (Å²) in [6.07, 6.45) is 3.13. The number of benzene rings is 2. The first-order valence-electron chi connectivity index (χ1n) is 5.32. The van der Waals surface area contributed by atoms with Crippen LogP contribution in [-0.4, -0.2) is 6.29 Å². The van der Waals surface area contributed by atoms with Crippen molar-refractivity contribution in [2.45, 2.75) is 19.8 Å². The van der Waals surface area contributed by atoms with E-state index in [0.717, 1.165) is 30.1 Å². The molecule has 0 amide bonds. The summed E-state index contributed by atoms with van der Waals surface area (Å²) in [4.78, 5) is 10.9. The van der Waals surface area contributed by atoms with Gasteiger partial charge in [0.1, 0.15) is 0 Å². The molecule has 0 aliphatic heterocycles. The Morgan fingerprint density at radius 3 is 2.47 bits per heavy atom. The summed E-state index contributed by atoms with van der Waals surface area (Å²) < 4.78 is 0. The molecule has 0 fully saturated rings. The molecule has 0 saturated heterocycles. The van der Waals surface area contributed by atoms with Gasteiger partial charge in [-0.15, -0.1) is 0 Å². The van der Waals surface area contributed by atoms with Crippen molar-refractivity contribution >= 4 is 17.1 Å². The van der Waals surface area contributed by atoms with Crippen molar-refractivity contribution in [3.8, 4) is 0 Å². The van der Waals surface area contributed by atoms with Crippen LogP contribution in [0.1, 0.15) is 29.3 Å². The molecule has 0 spiro atoms. The number of hydrogen-bond acceptors (Lipinski definition) is 1. The van der Waals surface area contributed by atoms with Crippen molar-refractivity contribution in [2.75, 3.05) is 0 Å². The molecule has 1 heteroatoms. The number of aldehydes is 1. The number of carbonyl (C=O) groups is 1. The second-order valence-electron chi connectivity index (χ2n) is 3.73. The summed E-state index contributed by atoms with van der Waals surface area (Å²) >= 11 is 0. The molecule has 2 aromatic carbocycles. The van der Waals surface area contributed by atoms with Crippen LogP contribution >= 0.6 is 0 Å². The van der Waals surface area contributed by atoms with Crippen molar-refractivity contribution in [2.24, 2.45) is 0 Å². The van der Waals surface area contributed by atoms with Crippen molar-refractivity contribution in [3.63, 3.8) is 0 Å². The maximum absolute atomic E-state index is 10.9. The van der Waals surface area contributed by atoms with Gasteiger partial charge in [0.25, 0.3) is 0 Å². The average Bonchev–Trinajstić information content (AvgIpc) is 2.30. The molecule has 0 aliphatic rings. The van der Waals surface area contributed by atoms with Gasteiger partial charge in [-0.25, -0.2) is 0 Å². The monoisotopic (exact) mass is 198 g/mol. The van der Waals surface area contributed by atoms with E-state index in [1.807, 2.05) is 24.3 Å². The molecule has 15 heavy (non-hydrogen) atoms. The normalized spacial score (nSPS) is 10.5. The highest BCUT2D eigenvalue weighted by Crippen LogP contribution is 2.22. The molecule has 2 rings (SSSR count). The fraction of sp³-hybridized carbons (Fsp3) is 0.214. The maximum atomic E-state index is 10.9. The van der Waals surface area contributed by atoms with Crippen LogP contribution in [0.4, 0.5) is 0 Å². The quantitative estimate of drug-likeness (QED) is 0.688. The zero-order valence-electron chi connectivity index (χ0n) is 8.86. The summed E-state index contributed by atoms with van der Waals surface area (Å²) in [5, 5.41) is 2.28. The molecule has 0 radical (unpaired) electrons. The van der Waals surface area contributed by atoms with Gasteiger partial charge < -0.3 is 0 Å². The fourth-order valence-corrected chi connectivity index (χ4v) is 1.97. The molecule has 0 atom stereocenters. The third-order valence-corrected chi connectivity index (χ3v) is 2.69. The van der Waals surface area contributed by atoms with E-state index in [1.165, 1.54) is 10.9 Å². The Kier molecular flexibility index (Phi) is 2.82. The van der Waals surface area contributed by atoms with E-state index in [1.54, 1.807) is 0 Å². The molecule has 0 aliphatic carbocycles. The summed E-state index contributed by atoms with van der Waals surface area (Å²) in [7, 11) is 0. The van der Waals surface area contributed by atoms with Gasteiger partial charge in [0.2, 0.25) is 0 Å². The number of fused-ring (bicyclic) bond motifs is 1. The van der Waals surface area contributed by atoms with Crippen LogP contribution in [0.15, 0.2) is 36.4 Å². The SMILES string of the molecule is CCCc1ccc(C=O)c2ccccc12. The van der Waals surface area contributed by atoms with Crippen LogP contribution in [0, 0.1) is 0 Å². The summed E-state index contributed by atoms with van der Waals surface area (Å²) in [6, 6.07) is 12.1. The molecule has 1 nitrogen and oxygen atoms in total. The zero-order chi connectivity index (χ0) is 10.7. The van der Waals surface area contributed by atoms with Crippen molar-refractivity contribution in [1.29, 1.82) is 0 Å². The number of rotatable bonds is 3. The van der Waals surface area contributed by atoms with Gasteiger partial charge >= 0.3 is 0 Å². The molecule has 0 N–H and O–H groups in total. The van der Waals surface area contributed by atoms with Gasteiger partial charge in [0, 0.05) is 5.56 Å². The lowest BCUT2D eigenvalue weighted by Crippen LogP contribution is -1.90. The first kappa shape index (κ1) is 9.91. The molecule has 0 unspecified atom stereocenters. The molecular weight excluding hydrogens is 184 g/mol. The standard InChI is InChI=1S/C14H14O/c1-2-5-11-8-9-12(10-15)14-7-4-3-6-13(11)14/h3-4,6-10H,2,5H2,1H3. The Morgan fingerprint density at radius 2 is 1.80 bits per heavy atom. The predicted molar refractivity (Wildman–Crippen MR) is 63.3 cm³/mol. The van der Waals surface area contributed by atoms with Crippen molar-refractivity contribution < 1.29 is 4.79 Å². The van der Waals surface area contributed by atoms with Crippen LogP contribution in [-0.2, 0) is 6.42 Å². The topological polar surface area (TPSA) is 17.1 Å². The lowest BCUT2D eigenvalue weighted by molar-refractivity contribution is 0.112. The van der Waals surface area contributed by atoms with Gasteiger partial charge in [-0.3, -0.25) is 4.79 Å². The van der Waals surface area contributed by atoms with E-state index >= 15 is 0 Å². The first-order valence-corrected chi connectivity index (χ1v) is 5.32. The number of hydrogen-bond donors (Lipinski definition) is 0. The zero-order valence-corrected chi connectivity index (χ0v) is 8.86. The number of aryl methyl sites for hydroxylation is 1. The Labute approximate surface area is 89.7 Å². The van der Waals surface area contributed by atoms with Crippen molar-refractivity contribution in [3.05, 3.63) is 47.5 Å². The molecule has 0 heterocycles. The maximum Gasteiger partial charge on any atom is 0.150 e. The molecule has 0 saturated carbocycles. The van der Waals surface area contributed by atoms with E-state index in [-0.39, 0.29) is 0 Å². The first-order chi connectivity index (χ1) is 7.36. The summed E-state index contributed by atoms with van der Waals surface area (Å²) in [5.41, 5.74) is 2.11. The summed E-state index contributed by atoms with van der Waals surface area (Å²) in [5.74, 6) is 0. The fourth-order valence-electron chi connectivity index (χ4n) is 1.97. The van der Waals surface area contributed by atoms with E-state index in [0.29, 0.717) is 0 Å². The lowest BCUT2D eigenvalue weighted by Gasteiger charge is -2.06. The van der Waals surface area contributed by atoms with Gasteiger partial charge in [-0.1, -0.05) is 49.7 Å². The minimum absolute atomic E-state index is 0.783. The van der Waals surface area contributed by atoms with E-state index < -0.39 is 0 Å². The second kappa shape index (κ2) is 4.26. The minimum Gasteiger partial charge on any atom is -0.298 e. The highest BCUT2D eigenvalue weighted by atomic mass is 16.1. The molecule has 0 bridgehead atoms. The largest absolute Gasteiger partial charge is 0.298 e. The van der Waals surface area contributed by atoms with Gasteiger partial charge in [0.15, 0.2) is 6.29 Å². The van der Waals surface area contributed by atoms with Gasteiger partial charge in [-0.05, 0) is 22.8 Å². The molecule has 2 aromatic rings. The highest BCUT2D eigenvalue weighted by Gasteiger charge is 2.03. The molecule has 76 valence electrons. The minimum atomic E-state index is 0.783. The molecule has 0 aromatic heterocycles. The van der Waals surface area contributed by atoms with E-state index in [2.05, 4.69) is 19.1 Å². The van der Waals surface area contributed by atoms with Crippen LogP contribution in [0.2, 0.25) is 0 Å². The average molecular weight is 198 g/mol. The van der Waals surface area contributed by atoms with E-state index in [9.17, 15) is 4.79 Å². The van der Waals surface area contributed by atoms with Crippen LogP contribution in [0.25, 0.3) is 10.8 Å². The second-order valence-corrected chi connectivity index (χ2v) is 3.73. The third kappa shape index (κ3) is 1.78. The van der Waals surface area contributed by atoms with E-state index in [4.69, 9.17) is 0 Å². The summed E-state index contributed by atoms with van der Waals surface area (Å²) in [6.45, 7) is 2.17. The Morgan fingerprint density at radius 1 is 1.07 bits per heavy atom. The smallest absolute Gasteiger partial charge is 0.150 e. The van der Waals surface area contributed by atoms with Crippen LogP contribution in [0.3, 0.4) is 0 Å². The van der Waals surface area contributed by atoms with Crippen molar-refractivity contribution in [1.82, 2.24) is 0 Å². The third-order valence-electron chi connectivity index (χ3n) is 2.69. The highest BCUT2D eigenvalue weighted by molar-refractivity contribution is 5.99. The lowest BCUT2D eigenvalue weighted by atomic mass is 9.98. The predicted octanol–water partition coefficient (Wildman–Crippen LogP) is 3.60. The number of carbonyl (C=O) groups excluding carboxylic acids is 1. The van der Waals surface area contributed by atoms with Crippen LogP contribution in [0.5, 0.6) is 0 Å². The van der Waals surface area contributed by atoms with Gasteiger partial charge in [-0.2, -0.15) is 0 Å². The Balaban J connectivity index is 2.71. The molecular formula is C14H14O. The van der Waals surface area contributed by atoms with Gasteiger partial charge in [0.05, 0.1) is 0 Å². The Bertz CT molecular complexity index is 486. The Hall–Kier alpha value is -1.63. The van der Waals surface area contributed by atoms with Crippen LogP contribution < -0.4 is 0 Å².